The van der Waals surface area contributed by atoms with Crippen molar-refractivity contribution < 1.29 is 4.21 Å². The van der Waals surface area contributed by atoms with Crippen LogP contribution in [0, 0.1) is 0 Å². The van der Waals surface area contributed by atoms with Crippen molar-refractivity contribution in [1.29, 1.82) is 0 Å². The fraction of sp³-hybridized carbons (Fsp3) is 0.333. The number of benzene rings is 1. The maximum Gasteiger partial charge on any atom is 0.0963 e. The van der Waals surface area contributed by atoms with E-state index in [-0.39, 0.29) is 0 Å². The van der Waals surface area contributed by atoms with E-state index < -0.39 is 9.73 Å². The Morgan fingerprint density at radius 2 is 2.00 bits per heavy atom. The van der Waals surface area contributed by atoms with Crippen LogP contribution in [0.1, 0.15) is 19.8 Å². The summed E-state index contributed by atoms with van der Waals surface area (Å²) in [4.78, 5) is 0.778. The molecule has 0 aliphatic heterocycles. The molecule has 15 heavy (non-hydrogen) atoms. The molecule has 1 atom stereocenters. The molecule has 3 heteroatoms. The molecule has 1 aromatic carbocycles. The van der Waals surface area contributed by atoms with Crippen LogP contribution in [-0.2, 0) is 9.73 Å². The van der Waals surface area contributed by atoms with Crippen LogP contribution in [0.2, 0.25) is 0 Å². The summed E-state index contributed by atoms with van der Waals surface area (Å²) in [5, 5.41) is 1.73. The molecule has 0 bridgehead atoms. The smallest absolute Gasteiger partial charge is 0.0963 e. The summed E-state index contributed by atoms with van der Waals surface area (Å²) >= 11 is 0. The van der Waals surface area contributed by atoms with E-state index in [1.54, 1.807) is 12.5 Å². The van der Waals surface area contributed by atoms with Gasteiger partial charge in [-0.25, -0.2) is 8.57 Å². The molecule has 1 aromatic rings. The van der Waals surface area contributed by atoms with E-state index in [1.807, 2.05) is 36.4 Å². The Balaban J connectivity index is 3.03. The van der Waals surface area contributed by atoms with Crippen LogP contribution < -0.4 is 0 Å². The van der Waals surface area contributed by atoms with Gasteiger partial charge >= 0.3 is 0 Å². The molecule has 0 amide bonds. The molecule has 0 unspecified atom stereocenters. The Bertz CT molecular complexity index is 428. The van der Waals surface area contributed by atoms with E-state index in [9.17, 15) is 4.21 Å². The van der Waals surface area contributed by atoms with Crippen LogP contribution in [0.5, 0.6) is 0 Å². The van der Waals surface area contributed by atoms with E-state index in [0.29, 0.717) is 0 Å². The van der Waals surface area contributed by atoms with Crippen molar-refractivity contribution in [2.45, 2.75) is 24.7 Å². The molecule has 0 saturated carbocycles. The van der Waals surface area contributed by atoms with E-state index >= 15 is 0 Å². The molecule has 1 rings (SSSR count). The van der Waals surface area contributed by atoms with Crippen LogP contribution >= 0.6 is 0 Å². The SMILES string of the molecule is CCC/C=C/[S@@](=O)(=NC)c1ccccc1. The zero-order valence-electron chi connectivity index (χ0n) is 9.22. The summed E-state index contributed by atoms with van der Waals surface area (Å²) in [5.41, 5.74) is 0. The van der Waals surface area contributed by atoms with Gasteiger partial charge in [-0.2, -0.15) is 0 Å². The third-order valence-corrected chi connectivity index (χ3v) is 4.14. The van der Waals surface area contributed by atoms with Gasteiger partial charge in [-0.05, 0) is 18.6 Å². The molecular weight excluding hydrogens is 206 g/mol. The van der Waals surface area contributed by atoms with Gasteiger partial charge in [-0.1, -0.05) is 37.6 Å². The Morgan fingerprint density at radius 3 is 2.53 bits per heavy atom. The summed E-state index contributed by atoms with van der Waals surface area (Å²) in [5.74, 6) is 0. The lowest BCUT2D eigenvalue weighted by Gasteiger charge is -2.03. The lowest BCUT2D eigenvalue weighted by atomic mass is 10.3. The Labute approximate surface area is 92.2 Å². The number of nitrogens with zero attached hydrogens (tertiary/aromatic N) is 1. The van der Waals surface area contributed by atoms with Gasteiger partial charge in [0.2, 0.25) is 0 Å². The zero-order chi connectivity index (χ0) is 11.1. The van der Waals surface area contributed by atoms with Crippen molar-refractivity contribution >= 4 is 9.73 Å². The second-order valence-electron chi connectivity index (χ2n) is 3.22. The molecular formula is C12H17NOS. The topological polar surface area (TPSA) is 29.4 Å². The Hall–Kier alpha value is -1.09. The number of allylic oxidation sites excluding steroid dienone is 1. The highest BCUT2D eigenvalue weighted by atomic mass is 32.2. The highest BCUT2D eigenvalue weighted by molar-refractivity contribution is 7.96. The van der Waals surface area contributed by atoms with Crippen LogP contribution in [0.3, 0.4) is 0 Å². The van der Waals surface area contributed by atoms with Crippen LogP contribution in [-0.4, -0.2) is 11.3 Å². The Morgan fingerprint density at radius 1 is 1.33 bits per heavy atom. The van der Waals surface area contributed by atoms with Crippen molar-refractivity contribution in [3.05, 3.63) is 41.8 Å². The third-order valence-electron chi connectivity index (χ3n) is 2.09. The minimum absolute atomic E-state index is 0.778. The summed E-state index contributed by atoms with van der Waals surface area (Å²) in [6.07, 6.45) is 3.95. The molecule has 0 fully saturated rings. The first-order valence-electron chi connectivity index (χ1n) is 5.10. The first-order chi connectivity index (χ1) is 7.23. The predicted molar refractivity (Wildman–Crippen MR) is 65.3 cm³/mol. The van der Waals surface area contributed by atoms with Gasteiger partial charge in [0.1, 0.15) is 0 Å². The van der Waals surface area contributed by atoms with Gasteiger partial charge in [0.15, 0.2) is 0 Å². The zero-order valence-corrected chi connectivity index (χ0v) is 10.0. The average Bonchev–Trinajstić information content (AvgIpc) is 2.30. The fourth-order valence-electron chi connectivity index (χ4n) is 1.23. The van der Waals surface area contributed by atoms with Crippen LogP contribution in [0.25, 0.3) is 0 Å². The molecule has 0 saturated heterocycles. The fourth-order valence-corrected chi connectivity index (χ4v) is 2.66. The van der Waals surface area contributed by atoms with E-state index in [0.717, 1.165) is 17.7 Å². The largest absolute Gasteiger partial charge is 0.240 e. The van der Waals surface area contributed by atoms with Crippen LogP contribution in [0.15, 0.2) is 51.1 Å². The quantitative estimate of drug-likeness (QED) is 0.768. The second kappa shape index (κ2) is 5.71. The van der Waals surface area contributed by atoms with E-state index in [4.69, 9.17) is 0 Å². The normalized spacial score (nSPS) is 15.1. The molecule has 0 heterocycles. The number of rotatable bonds is 4. The van der Waals surface area contributed by atoms with Crippen LogP contribution in [0.4, 0.5) is 0 Å². The van der Waals surface area contributed by atoms with E-state index in [2.05, 4.69) is 11.3 Å². The van der Waals surface area contributed by atoms with Crippen molar-refractivity contribution in [2.75, 3.05) is 7.05 Å². The van der Waals surface area contributed by atoms with Gasteiger partial charge in [-0.15, -0.1) is 0 Å². The number of unbranched alkanes of at least 4 members (excludes halogenated alkanes) is 1. The van der Waals surface area contributed by atoms with Crippen molar-refractivity contribution in [3.8, 4) is 0 Å². The molecule has 0 aromatic heterocycles. The summed E-state index contributed by atoms with van der Waals surface area (Å²) in [6.45, 7) is 2.10. The third kappa shape index (κ3) is 3.20. The molecule has 2 nitrogen and oxygen atoms in total. The highest BCUT2D eigenvalue weighted by Crippen LogP contribution is 2.14. The summed E-state index contributed by atoms with van der Waals surface area (Å²) in [7, 11) is -0.731. The standard InChI is InChI=1S/C12H17NOS/c1-3-4-8-11-15(14,13-2)12-9-6-5-7-10-12/h5-11H,3-4H2,1-2H3/b11-8+/t15-/m0/s1. The molecule has 0 aliphatic carbocycles. The van der Waals surface area contributed by atoms with Crippen molar-refractivity contribution in [3.63, 3.8) is 0 Å². The minimum atomic E-state index is -2.33. The first kappa shape index (κ1) is 12.0. The monoisotopic (exact) mass is 223 g/mol. The first-order valence-corrected chi connectivity index (χ1v) is 6.67. The highest BCUT2D eigenvalue weighted by Gasteiger charge is 2.05. The molecule has 0 aliphatic rings. The second-order valence-corrected chi connectivity index (χ2v) is 5.47. The van der Waals surface area contributed by atoms with Gasteiger partial charge in [0.05, 0.1) is 14.6 Å². The van der Waals surface area contributed by atoms with Gasteiger partial charge in [-0.3, -0.25) is 0 Å². The van der Waals surface area contributed by atoms with Gasteiger partial charge in [0, 0.05) is 12.5 Å². The summed E-state index contributed by atoms with van der Waals surface area (Å²) in [6, 6.07) is 9.38. The maximum atomic E-state index is 12.4. The molecule has 0 radical (unpaired) electrons. The lowest BCUT2D eigenvalue weighted by Crippen LogP contribution is -1.95. The van der Waals surface area contributed by atoms with E-state index in [1.165, 1.54) is 0 Å². The molecule has 0 N–H and O–H groups in total. The lowest BCUT2D eigenvalue weighted by molar-refractivity contribution is 0.681. The van der Waals surface area contributed by atoms with Crippen molar-refractivity contribution in [2.24, 2.45) is 4.36 Å². The van der Waals surface area contributed by atoms with Gasteiger partial charge < -0.3 is 0 Å². The maximum absolute atomic E-state index is 12.4. The minimum Gasteiger partial charge on any atom is -0.240 e. The summed E-state index contributed by atoms with van der Waals surface area (Å²) < 4.78 is 16.4. The molecule has 82 valence electrons. The average molecular weight is 223 g/mol. The molecule has 0 spiro atoms. The van der Waals surface area contributed by atoms with Crippen molar-refractivity contribution in [1.82, 2.24) is 0 Å². The van der Waals surface area contributed by atoms with Gasteiger partial charge in [0.25, 0.3) is 0 Å². The Kier molecular flexibility index (Phi) is 4.56. The number of hydrogen-bond acceptors (Lipinski definition) is 2. The number of hydrogen-bond donors (Lipinski definition) is 0. The predicted octanol–water partition coefficient (Wildman–Crippen LogP) is 3.46.